The first-order valence-electron chi connectivity index (χ1n) is 16.8. The van der Waals surface area contributed by atoms with Gasteiger partial charge < -0.3 is 19.9 Å². The number of carbonyl (C=O) groups excluding carboxylic acids is 1. The van der Waals surface area contributed by atoms with Gasteiger partial charge in [-0.15, -0.1) is 0 Å². The normalized spacial score (nSPS) is 13.0. The largest absolute Gasteiger partial charge is 0.367 e. The highest BCUT2D eigenvalue weighted by Gasteiger charge is 2.24. The molecule has 4 aromatic rings. The van der Waals surface area contributed by atoms with Gasteiger partial charge in [-0.05, 0) is 46.6 Å². The molecule has 5 N–H and O–H groups in total. The minimum atomic E-state index is -0.465. The van der Waals surface area contributed by atoms with Gasteiger partial charge in [0, 0.05) is 70.8 Å². The Morgan fingerprint density at radius 2 is 1.10 bits per heavy atom. The first kappa shape index (κ1) is 41.4. The Kier molecular flexibility index (Phi) is 13.5. The Morgan fingerprint density at radius 3 is 1.56 bits per heavy atom. The van der Waals surface area contributed by atoms with Crippen LogP contribution in [-0.2, 0) is 28.1 Å². The Hall–Kier alpha value is -4.80. The maximum Gasteiger partial charge on any atom is 0.325 e. The van der Waals surface area contributed by atoms with Crippen LogP contribution in [0.5, 0.6) is 0 Å². The second kappa shape index (κ2) is 16.3. The lowest BCUT2D eigenvalue weighted by Crippen LogP contribution is -2.30. The van der Waals surface area contributed by atoms with E-state index in [0.717, 1.165) is 35.2 Å². The van der Waals surface area contributed by atoms with Crippen molar-refractivity contribution in [1.82, 2.24) is 24.9 Å². The zero-order valence-electron chi connectivity index (χ0n) is 31.7. The van der Waals surface area contributed by atoms with Crippen molar-refractivity contribution >= 4 is 5.78 Å². The summed E-state index contributed by atoms with van der Waals surface area (Å²) in [6.07, 6.45) is 8.78. The van der Waals surface area contributed by atoms with Crippen LogP contribution in [0.25, 0.3) is 0 Å². The maximum atomic E-state index is 11.9. The van der Waals surface area contributed by atoms with E-state index >= 15 is 0 Å². The molecule has 1 aliphatic rings. The molecule has 11 heteroatoms. The number of H-pyrrole nitrogens is 5. The van der Waals surface area contributed by atoms with E-state index < -0.39 is 5.69 Å². The molecule has 50 heavy (non-hydrogen) atoms. The van der Waals surface area contributed by atoms with Crippen LogP contribution in [0.4, 0.5) is 0 Å². The molecule has 0 saturated carbocycles. The number of hydrogen-bond donors (Lipinski definition) is 5. The van der Waals surface area contributed by atoms with E-state index in [0.29, 0.717) is 17.5 Å². The summed E-state index contributed by atoms with van der Waals surface area (Å²) in [5.41, 5.74) is 3.19. The second-order valence-electron chi connectivity index (χ2n) is 16.5. The van der Waals surface area contributed by atoms with Crippen molar-refractivity contribution in [2.45, 2.75) is 124 Å². The summed E-state index contributed by atoms with van der Waals surface area (Å²) < 4.78 is 0. The third-order valence-electron chi connectivity index (χ3n) is 7.95. The van der Waals surface area contributed by atoms with Gasteiger partial charge in [0.1, 0.15) is 0 Å². The highest BCUT2D eigenvalue weighted by atomic mass is 16.2. The molecule has 1 aliphatic carbocycles. The summed E-state index contributed by atoms with van der Waals surface area (Å²) in [5, 5.41) is 0. The minimum absolute atomic E-state index is 0.0139. The van der Waals surface area contributed by atoms with Gasteiger partial charge in [0.25, 0.3) is 16.7 Å². The lowest BCUT2D eigenvalue weighted by atomic mass is 9.84. The molecule has 4 aromatic heterocycles. The molecule has 0 saturated heterocycles. The molecule has 0 spiro atoms. The van der Waals surface area contributed by atoms with Crippen molar-refractivity contribution in [2.75, 3.05) is 0 Å². The number of pyridine rings is 3. The second-order valence-corrected chi connectivity index (χ2v) is 16.5. The van der Waals surface area contributed by atoms with Gasteiger partial charge in [0.2, 0.25) is 0 Å². The van der Waals surface area contributed by atoms with Gasteiger partial charge in [-0.1, -0.05) is 89.2 Å². The molecule has 0 aromatic carbocycles. The zero-order chi connectivity index (χ0) is 38.2. The molecular weight excluding hydrogens is 634 g/mol. The number of Topliss-reactive ketones (excluding diaryl/α,β-unsaturated/α-hetero) is 1. The smallest absolute Gasteiger partial charge is 0.325 e. The van der Waals surface area contributed by atoms with E-state index in [1.54, 1.807) is 30.7 Å². The fraction of sp³-hybridized carbons (Fsp3) is 0.487. The number of fused-ring (bicyclic) bond motifs is 1. The van der Waals surface area contributed by atoms with E-state index in [1.165, 1.54) is 6.20 Å². The summed E-state index contributed by atoms with van der Waals surface area (Å²) >= 11 is 0. The van der Waals surface area contributed by atoms with E-state index in [-0.39, 0.29) is 49.5 Å². The molecule has 0 unspecified atom stereocenters. The molecule has 4 heterocycles. The van der Waals surface area contributed by atoms with Gasteiger partial charge in [0.05, 0.1) is 0 Å². The molecule has 0 amide bonds. The number of aromatic nitrogens is 5. The van der Waals surface area contributed by atoms with Crippen molar-refractivity contribution in [1.29, 1.82) is 0 Å². The molecule has 0 aliphatic heterocycles. The number of ketones is 1. The maximum absolute atomic E-state index is 11.9. The lowest BCUT2D eigenvalue weighted by Gasteiger charge is -2.21. The first-order valence-corrected chi connectivity index (χ1v) is 16.8. The van der Waals surface area contributed by atoms with E-state index in [4.69, 9.17) is 0 Å². The van der Waals surface area contributed by atoms with Gasteiger partial charge in [-0.3, -0.25) is 29.0 Å². The molecule has 11 nitrogen and oxygen atoms in total. The third kappa shape index (κ3) is 12.0. The minimum Gasteiger partial charge on any atom is -0.367 e. The number of carbonyl (C=O) groups is 1. The molecule has 0 atom stereocenters. The van der Waals surface area contributed by atoms with Crippen molar-refractivity contribution in [2.24, 2.45) is 0 Å². The molecule has 0 bridgehead atoms. The van der Waals surface area contributed by atoms with Crippen LogP contribution in [0.3, 0.4) is 0 Å². The van der Waals surface area contributed by atoms with Crippen LogP contribution in [-0.4, -0.2) is 30.7 Å². The highest BCUT2D eigenvalue weighted by Crippen LogP contribution is 2.24. The molecule has 0 radical (unpaired) electrons. The summed E-state index contributed by atoms with van der Waals surface area (Å²) in [4.78, 5) is 81.0. The average molecular weight is 690 g/mol. The highest BCUT2D eigenvalue weighted by molar-refractivity contribution is 5.98. The predicted octanol–water partition coefficient (Wildman–Crippen LogP) is 5.90. The van der Waals surface area contributed by atoms with Crippen LogP contribution in [0, 0.1) is 0 Å². The Balaban J connectivity index is 0.000000235. The van der Waals surface area contributed by atoms with E-state index in [1.807, 2.05) is 95.2 Å². The lowest BCUT2D eigenvalue weighted by molar-refractivity contribution is 0.0971. The SMILES string of the molecule is CC(C)(C)c1c[nH]c(=O)[nH]c1=O.CC(C)(C)c1c[nH]ccc1=O.CC(C)(C)c1cc2c([nH]c1=O)CCCC2=O.CC(C)(C)c1ccc[nH]c1=O. The van der Waals surface area contributed by atoms with Gasteiger partial charge >= 0.3 is 5.69 Å². The molecular formula is C39H55N5O6. The zero-order valence-corrected chi connectivity index (χ0v) is 31.7. The molecule has 0 fully saturated rings. The monoisotopic (exact) mass is 689 g/mol. The van der Waals surface area contributed by atoms with Crippen molar-refractivity contribution in [3.8, 4) is 0 Å². The summed E-state index contributed by atoms with van der Waals surface area (Å²) in [6, 6.07) is 7.05. The van der Waals surface area contributed by atoms with Gasteiger partial charge in [-0.25, -0.2) is 4.79 Å². The fourth-order valence-corrected chi connectivity index (χ4v) is 5.11. The fourth-order valence-electron chi connectivity index (χ4n) is 5.11. The average Bonchev–Trinajstić information content (AvgIpc) is 2.96. The Labute approximate surface area is 293 Å². The third-order valence-corrected chi connectivity index (χ3v) is 7.95. The van der Waals surface area contributed by atoms with Crippen LogP contribution < -0.4 is 27.8 Å². The van der Waals surface area contributed by atoms with Crippen molar-refractivity contribution in [3.63, 3.8) is 0 Å². The van der Waals surface area contributed by atoms with E-state index in [9.17, 15) is 28.8 Å². The quantitative estimate of drug-likeness (QED) is 0.153. The number of rotatable bonds is 0. The van der Waals surface area contributed by atoms with Crippen LogP contribution in [0.1, 0.15) is 134 Å². The Morgan fingerprint density at radius 1 is 0.540 bits per heavy atom. The van der Waals surface area contributed by atoms with Crippen LogP contribution in [0.15, 0.2) is 73.0 Å². The number of hydrogen-bond acceptors (Lipinski definition) is 6. The number of nitrogens with one attached hydrogen (secondary N) is 5. The first-order chi connectivity index (χ1) is 22.8. The summed E-state index contributed by atoms with van der Waals surface area (Å²) in [5.74, 6) is 0.156. The topological polar surface area (TPSA) is 181 Å². The number of aryl methyl sites for hydroxylation is 1. The van der Waals surface area contributed by atoms with Crippen LogP contribution in [0.2, 0.25) is 0 Å². The van der Waals surface area contributed by atoms with Crippen molar-refractivity contribution in [3.05, 3.63) is 134 Å². The predicted molar refractivity (Wildman–Crippen MR) is 201 cm³/mol. The standard InChI is InChI=1S/C13H17NO2.2C9H13NO.C8H12N2O2/c1-13(2,3)9-7-8-10(14-12(9)16)5-4-6-11(8)15;1-9(2,3)7-6-10-5-4-8(7)11;1-9(2,3)7-5-4-6-10-8(7)11;1-8(2,3)5-4-9-7(12)10-6(5)11/h7H,4-6H2,1-3H3,(H,14,16);2*4-6H,1-3H3,(H,10,11);4H,1-3H3,(H2,9,10,11,12). The summed E-state index contributed by atoms with van der Waals surface area (Å²) in [7, 11) is 0. The Bertz CT molecular complexity index is 1990. The number of aromatic amines is 5. The van der Waals surface area contributed by atoms with Crippen molar-refractivity contribution < 1.29 is 4.79 Å². The summed E-state index contributed by atoms with van der Waals surface area (Å²) in [6.45, 7) is 23.8. The molecule has 272 valence electrons. The van der Waals surface area contributed by atoms with Gasteiger partial charge in [0.15, 0.2) is 11.2 Å². The van der Waals surface area contributed by atoms with E-state index in [2.05, 4.69) is 24.9 Å². The van der Waals surface area contributed by atoms with Crippen LogP contribution >= 0.6 is 0 Å². The molecule has 5 rings (SSSR count). The van der Waals surface area contributed by atoms with Gasteiger partial charge in [-0.2, -0.15) is 0 Å².